The Kier molecular flexibility index (Phi) is 5.76. The average molecular weight is 431 g/mol. The van der Waals surface area contributed by atoms with Gasteiger partial charge in [-0.05, 0) is 79.2 Å². The lowest BCUT2D eigenvalue weighted by atomic mass is 10.1. The molecule has 4 rings (SSSR count). The Morgan fingerprint density at radius 1 is 1.03 bits per heavy atom. The maximum Gasteiger partial charge on any atom is 0.282 e. The molecule has 0 aliphatic carbocycles. The molecule has 0 radical (unpaired) electrons. The van der Waals surface area contributed by atoms with Crippen molar-refractivity contribution in [2.45, 2.75) is 6.92 Å². The zero-order chi connectivity index (χ0) is 22.7. The molecule has 0 saturated carbocycles. The Morgan fingerprint density at radius 3 is 2.28 bits per heavy atom. The lowest BCUT2D eigenvalue weighted by Crippen LogP contribution is -2.32. The highest BCUT2D eigenvalue weighted by atomic mass is 19.1. The van der Waals surface area contributed by atoms with Gasteiger partial charge < -0.3 is 4.74 Å². The van der Waals surface area contributed by atoms with Gasteiger partial charge >= 0.3 is 0 Å². The highest BCUT2D eigenvalue weighted by Crippen LogP contribution is 2.29. The van der Waals surface area contributed by atoms with E-state index in [2.05, 4.69) is 4.99 Å². The van der Waals surface area contributed by atoms with Crippen LogP contribution in [0.5, 0.6) is 5.75 Å². The van der Waals surface area contributed by atoms with Crippen molar-refractivity contribution in [1.29, 1.82) is 0 Å². The number of nitro groups is 1. The van der Waals surface area contributed by atoms with Crippen LogP contribution in [0.2, 0.25) is 0 Å². The fourth-order valence-electron chi connectivity index (χ4n) is 3.26. The summed E-state index contributed by atoms with van der Waals surface area (Å²) in [6.45, 7) is 2.40. The van der Waals surface area contributed by atoms with Crippen LogP contribution in [0, 0.1) is 15.9 Å². The third-order valence-electron chi connectivity index (χ3n) is 4.78. The predicted octanol–water partition coefficient (Wildman–Crippen LogP) is 4.97. The number of aliphatic imine (C=N–C) groups is 1. The van der Waals surface area contributed by atoms with E-state index in [4.69, 9.17) is 4.74 Å². The van der Waals surface area contributed by atoms with E-state index in [0.717, 1.165) is 0 Å². The molecule has 1 aliphatic rings. The molecule has 3 aromatic rings. The molecule has 0 unspecified atom stereocenters. The third kappa shape index (κ3) is 4.24. The monoisotopic (exact) mass is 431 g/mol. The molecule has 1 amide bonds. The minimum atomic E-state index is -0.490. The van der Waals surface area contributed by atoms with Crippen molar-refractivity contribution in [2.24, 2.45) is 4.99 Å². The summed E-state index contributed by atoms with van der Waals surface area (Å²) in [7, 11) is 0. The Bertz CT molecular complexity index is 1220. The second kappa shape index (κ2) is 8.81. The Balaban J connectivity index is 1.74. The van der Waals surface area contributed by atoms with Crippen molar-refractivity contribution in [3.63, 3.8) is 0 Å². The first-order chi connectivity index (χ1) is 15.5. The number of benzene rings is 3. The number of hydrogen-bond donors (Lipinski definition) is 0. The first-order valence-electron chi connectivity index (χ1n) is 9.84. The summed E-state index contributed by atoms with van der Waals surface area (Å²) in [6, 6.07) is 18.5. The van der Waals surface area contributed by atoms with Gasteiger partial charge in [-0.1, -0.05) is 0 Å². The second-order valence-electron chi connectivity index (χ2n) is 6.89. The van der Waals surface area contributed by atoms with Gasteiger partial charge in [-0.2, -0.15) is 0 Å². The van der Waals surface area contributed by atoms with E-state index in [1.807, 2.05) is 6.92 Å². The van der Waals surface area contributed by atoms with Crippen molar-refractivity contribution in [2.75, 3.05) is 11.5 Å². The molecule has 32 heavy (non-hydrogen) atoms. The highest BCUT2D eigenvalue weighted by Gasteiger charge is 2.32. The predicted molar refractivity (Wildman–Crippen MR) is 119 cm³/mol. The molecule has 0 bridgehead atoms. The maximum absolute atomic E-state index is 13.4. The number of non-ortho nitro benzene ring substituents is 1. The molecular formula is C24H18FN3O4. The lowest BCUT2D eigenvalue weighted by Gasteiger charge is -2.19. The number of amides is 1. The number of hydrogen-bond acceptors (Lipinski definition) is 5. The molecule has 0 N–H and O–H groups in total. The van der Waals surface area contributed by atoms with Crippen LogP contribution in [0.3, 0.4) is 0 Å². The highest BCUT2D eigenvalue weighted by molar-refractivity contribution is 6.33. The molecule has 7 nitrogen and oxygen atoms in total. The summed E-state index contributed by atoms with van der Waals surface area (Å²) >= 11 is 0. The minimum absolute atomic E-state index is 0.0450. The van der Waals surface area contributed by atoms with Crippen molar-refractivity contribution >= 4 is 29.2 Å². The van der Waals surface area contributed by atoms with Crippen LogP contribution in [-0.2, 0) is 4.79 Å². The molecule has 0 spiro atoms. The van der Waals surface area contributed by atoms with E-state index in [9.17, 15) is 19.3 Å². The molecule has 3 aromatic carbocycles. The van der Waals surface area contributed by atoms with E-state index >= 15 is 0 Å². The third-order valence-corrected chi connectivity index (χ3v) is 4.78. The topological polar surface area (TPSA) is 85.0 Å². The van der Waals surface area contributed by atoms with Gasteiger partial charge in [0.1, 0.15) is 23.1 Å². The van der Waals surface area contributed by atoms with E-state index in [0.29, 0.717) is 35.0 Å². The van der Waals surface area contributed by atoms with Gasteiger partial charge in [0.05, 0.1) is 17.2 Å². The zero-order valence-corrected chi connectivity index (χ0v) is 17.1. The lowest BCUT2D eigenvalue weighted by molar-refractivity contribution is -0.384. The van der Waals surface area contributed by atoms with Gasteiger partial charge in [0.15, 0.2) is 0 Å². The van der Waals surface area contributed by atoms with Gasteiger partial charge in [-0.15, -0.1) is 0 Å². The van der Waals surface area contributed by atoms with E-state index < -0.39 is 10.7 Å². The van der Waals surface area contributed by atoms with E-state index in [1.165, 1.54) is 29.2 Å². The summed E-state index contributed by atoms with van der Waals surface area (Å²) in [5.41, 5.74) is 1.85. The number of nitrogens with zero attached hydrogens (tertiary/aromatic N) is 3. The van der Waals surface area contributed by atoms with E-state index in [-0.39, 0.29) is 17.3 Å². The molecule has 8 heteroatoms. The molecule has 1 aliphatic heterocycles. The number of ether oxygens (including phenoxy) is 1. The number of carbonyl (C=O) groups excluding carboxylic acids is 1. The number of rotatable bonds is 6. The number of halogens is 1. The Hall–Kier alpha value is -4.33. The normalized spacial score (nSPS) is 14.6. The zero-order valence-electron chi connectivity index (χ0n) is 17.1. The van der Waals surface area contributed by atoms with Crippen molar-refractivity contribution in [1.82, 2.24) is 0 Å². The van der Waals surface area contributed by atoms with Crippen LogP contribution in [0.4, 0.5) is 15.8 Å². The smallest absolute Gasteiger partial charge is 0.282 e. The maximum atomic E-state index is 13.4. The molecule has 160 valence electrons. The largest absolute Gasteiger partial charge is 0.494 e. The van der Waals surface area contributed by atoms with Crippen molar-refractivity contribution < 1.29 is 18.8 Å². The summed E-state index contributed by atoms with van der Waals surface area (Å²) < 4.78 is 18.9. The number of anilines is 1. The first kappa shape index (κ1) is 20.9. The minimum Gasteiger partial charge on any atom is -0.494 e. The molecule has 0 atom stereocenters. The fourth-order valence-corrected chi connectivity index (χ4v) is 3.26. The summed E-state index contributed by atoms with van der Waals surface area (Å²) in [6.07, 6.45) is 1.56. The summed E-state index contributed by atoms with van der Waals surface area (Å²) in [5.74, 6) is 0.261. The molecule has 0 fully saturated rings. The standard InChI is InChI=1S/C24H18FN3O4/c1-2-32-21-13-11-19(12-14-21)27-23(17-5-7-18(25)8-6-17)26-22(24(27)29)15-16-3-9-20(10-4-16)28(30)31/h3-15H,2H2,1H3/b22-15+. The van der Waals surface area contributed by atoms with Crippen LogP contribution in [-0.4, -0.2) is 23.3 Å². The Morgan fingerprint density at radius 2 is 1.69 bits per heavy atom. The van der Waals surface area contributed by atoms with Crippen molar-refractivity contribution in [3.05, 3.63) is 106 Å². The quantitative estimate of drug-likeness (QED) is 0.313. The molecular weight excluding hydrogens is 413 g/mol. The summed E-state index contributed by atoms with van der Waals surface area (Å²) in [4.78, 5) is 29.6. The first-order valence-corrected chi connectivity index (χ1v) is 9.84. The van der Waals surface area contributed by atoms with Gasteiger partial charge in [-0.3, -0.25) is 19.8 Å². The molecule has 0 saturated heterocycles. The van der Waals surface area contributed by atoms with Crippen LogP contribution in [0.25, 0.3) is 6.08 Å². The summed E-state index contributed by atoms with van der Waals surface area (Å²) in [5, 5.41) is 10.9. The van der Waals surface area contributed by atoms with Crippen molar-refractivity contribution in [3.8, 4) is 5.75 Å². The van der Waals surface area contributed by atoms with E-state index in [1.54, 1.807) is 54.6 Å². The van der Waals surface area contributed by atoms with Crippen LogP contribution in [0.15, 0.2) is 83.5 Å². The average Bonchev–Trinajstić information content (AvgIpc) is 3.11. The van der Waals surface area contributed by atoms with Crippen LogP contribution in [0.1, 0.15) is 18.1 Å². The number of carbonyl (C=O) groups is 1. The van der Waals surface area contributed by atoms with Gasteiger partial charge in [0.2, 0.25) is 0 Å². The Labute approximate surface area is 183 Å². The fraction of sp³-hybridized carbons (Fsp3) is 0.0833. The second-order valence-corrected chi connectivity index (χ2v) is 6.89. The van der Waals surface area contributed by atoms with Crippen LogP contribution >= 0.6 is 0 Å². The van der Waals surface area contributed by atoms with Gasteiger partial charge in [0.25, 0.3) is 11.6 Å². The van der Waals surface area contributed by atoms with Gasteiger partial charge in [-0.25, -0.2) is 9.38 Å². The van der Waals surface area contributed by atoms with Crippen LogP contribution < -0.4 is 9.64 Å². The SMILES string of the molecule is CCOc1ccc(N2C(=O)/C(=C\c3ccc([N+](=O)[O-])cc3)N=C2c2ccc(F)cc2)cc1. The number of amidine groups is 1. The number of nitro benzene ring substituents is 1. The molecule has 0 aromatic heterocycles. The molecule has 1 heterocycles. The van der Waals surface area contributed by atoms with Gasteiger partial charge in [0, 0.05) is 17.7 Å².